The number of rotatable bonds is 13. The van der Waals surface area contributed by atoms with Gasteiger partial charge in [0.05, 0.1) is 41.1 Å². The fourth-order valence-electron chi connectivity index (χ4n) is 7.01. The number of anilines is 2. The van der Waals surface area contributed by atoms with Gasteiger partial charge in [0.2, 0.25) is 31.9 Å². The highest BCUT2D eigenvalue weighted by molar-refractivity contribution is 7.89. The summed E-state index contributed by atoms with van der Waals surface area (Å²) >= 11 is 12.2. The Balaban J connectivity index is 0.000000204. The number of sulfonamides is 2. The maximum atomic E-state index is 12.4. The summed E-state index contributed by atoms with van der Waals surface area (Å²) in [4.78, 5) is 24.7. The van der Waals surface area contributed by atoms with Crippen molar-refractivity contribution in [1.82, 2.24) is 19.6 Å². The number of hydrogen-bond donors (Lipinski definition) is 4. The molecule has 2 amide bonds. The molecule has 1 aliphatic carbocycles. The minimum Gasteiger partial charge on any atom is -0.326 e. The summed E-state index contributed by atoms with van der Waals surface area (Å²) in [5, 5.41) is 26.0. The molecule has 1 saturated carbocycles. The number of hydrogen-bond acceptors (Lipinski definition) is 8. The van der Waals surface area contributed by atoms with E-state index in [2.05, 4.69) is 34.7 Å². The summed E-state index contributed by atoms with van der Waals surface area (Å²) in [5.41, 5.74) is 4.22. The minimum absolute atomic E-state index is 0.0611. The van der Waals surface area contributed by atoms with Gasteiger partial charge in [0, 0.05) is 62.6 Å². The molecule has 2 heterocycles. The number of benzene rings is 4. The van der Waals surface area contributed by atoms with Gasteiger partial charge in [-0.2, -0.15) is 10.2 Å². The normalized spacial score (nSPS) is 13.2. The molecule has 0 radical (unpaired) electrons. The van der Waals surface area contributed by atoms with Crippen LogP contribution in [-0.4, -0.2) is 48.2 Å². The highest BCUT2D eigenvalue weighted by Crippen LogP contribution is 2.34. The Kier molecular flexibility index (Phi) is 14.5. The van der Waals surface area contributed by atoms with Crippen LogP contribution in [0.4, 0.5) is 11.4 Å². The lowest BCUT2D eigenvalue weighted by atomic mass is 10.1. The van der Waals surface area contributed by atoms with E-state index in [9.17, 15) is 26.4 Å². The Labute approximate surface area is 365 Å². The van der Waals surface area contributed by atoms with E-state index >= 15 is 0 Å². The zero-order valence-electron chi connectivity index (χ0n) is 33.5. The molecule has 6 aromatic rings. The largest absolute Gasteiger partial charge is 0.326 e. The van der Waals surface area contributed by atoms with E-state index in [1.54, 1.807) is 96.1 Å². The molecule has 0 saturated heterocycles. The Morgan fingerprint density at radius 1 is 0.705 bits per heavy atom. The van der Waals surface area contributed by atoms with Crippen molar-refractivity contribution in [2.75, 3.05) is 10.6 Å². The molecular weight excluding hydrogens is 860 g/mol. The highest BCUT2D eigenvalue weighted by atomic mass is 35.5. The van der Waals surface area contributed by atoms with Crippen LogP contribution in [0.3, 0.4) is 0 Å². The zero-order valence-corrected chi connectivity index (χ0v) is 36.6. The second-order valence-corrected chi connectivity index (χ2v) is 19.0. The van der Waals surface area contributed by atoms with Crippen LogP contribution in [-0.2, 0) is 49.0 Å². The van der Waals surface area contributed by atoms with Crippen molar-refractivity contribution in [1.29, 1.82) is 0 Å². The first-order valence-corrected chi connectivity index (χ1v) is 23.3. The van der Waals surface area contributed by atoms with E-state index in [1.807, 2.05) is 10.9 Å². The highest BCUT2D eigenvalue weighted by Gasteiger charge is 2.22. The number of halogens is 2. The summed E-state index contributed by atoms with van der Waals surface area (Å²) in [6, 6.07) is 23.7. The lowest BCUT2D eigenvalue weighted by molar-refractivity contribution is -0.116. The van der Waals surface area contributed by atoms with Gasteiger partial charge in [0.15, 0.2) is 0 Å². The standard InChI is InChI=1S/C22H23ClN4O3S.C21H23ClN4O3S/c23-20-8-4-1-5-15(20)11-22(28)26-17-9-10-19(21(12-17)31(24,29)30)16-13-25-27(14-16)18-6-2-3-7-18;1-14(2)12-26-13-16(11-24-26)18-8-7-17(10-20(18)30(23,28)29)25-21(27)9-15-5-3-4-6-19(15)22/h1,4-5,8-10,12-14,18H,2-3,6-7,11H2,(H,26,28)(H2,24,29,30);3-8,10-11,13-14H,9,12H2,1-2H3,(H,25,27)(H2,23,28,29). The lowest BCUT2D eigenvalue weighted by Crippen LogP contribution is -2.17. The van der Waals surface area contributed by atoms with Gasteiger partial charge >= 0.3 is 0 Å². The van der Waals surface area contributed by atoms with E-state index in [1.165, 1.54) is 25.0 Å². The quantitative estimate of drug-likeness (QED) is 0.0894. The fraction of sp³-hybridized carbons (Fsp3) is 0.256. The van der Waals surface area contributed by atoms with Gasteiger partial charge in [0.1, 0.15) is 0 Å². The summed E-state index contributed by atoms with van der Waals surface area (Å²) in [5.74, 6) is -0.234. The SMILES string of the molecule is CC(C)Cn1cc(-c2ccc(NC(=O)Cc3ccccc3Cl)cc2S(N)(=O)=O)cn1.NS(=O)(=O)c1cc(NC(=O)Cc2ccccc2Cl)ccc1-c1cnn(C2CCCC2)c1. The first kappa shape index (κ1) is 45.2. The van der Waals surface area contributed by atoms with Crippen LogP contribution < -0.4 is 20.9 Å². The molecule has 18 heteroatoms. The van der Waals surface area contributed by atoms with Crippen molar-refractivity contribution in [3.05, 3.63) is 131 Å². The second kappa shape index (κ2) is 19.6. The maximum Gasteiger partial charge on any atom is 0.238 e. The third-order valence-corrected chi connectivity index (χ3v) is 12.5. The number of carbonyl (C=O) groups is 2. The van der Waals surface area contributed by atoms with Gasteiger partial charge in [-0.25, -0.2) is 27.1 Å². The second-order valence-electron chi connectivity index (χ2n) is 15.1. The topological polar surface area (TPSA) is 214 Å². The summed E-state index contributed by atoms with van der Waals surface area (Å²) in [6.07, 6.45) is 11.5. The summed E-state index contributed by atoms with van der Waals surface area (Å²) in [6.45, 7) is 4.84. The predicted molar refractivity (Wildman–Crippen MR) is 238 cm³/mol. The van der Waals surface area contributed by atoms with E-state index in [0.29, 0.717) is 73.3 Å². The molecule has 2 aromatic heterocycles. The van der Waals surface area contributed by atoms with Gasteiger partial charge in [-0.05, 0) is 66.3 Å². The molecule has 1 aliphatic rings. The van der Waals surface area contributed by atoms with Crippen molar-refractivity contribution in [3.8, 4) is 22.3 Å². The zero-order chi connectivity index (χ0) is 43.9. The van der Waals surface area contributed by atoms with Gasteiger partial charge in [-0.1, -0.05) is 98.4 Å². The molecule has 7 rings (SSSR count). The first-order valence-electron chi connectivity index (χ1n) is 19.4. The smallest absolute Gasteiger partial charge is 0.238 e. The number of nitrogens with two attached hydrogens (primary N) is 2. The number of aromatic nitrogens is 4. The van der Waals surface area contributed by atoms with Crippen LogP contribution >= 0.6 is 23.2 Å². The van der Waals surface area contributed by atoms with Crippen molar-refractivity contribution in [2.45, 2.75) is 74.7 Å². The molecule has 0 atom stereocenters. The van der Waals surface area contributed by atoms with Crippen LogP contribution in [0.15, 0.2) is 120 Å². The van der Waals surface area contributed by atoms with Crippen LogP contribution in [0.25, 0.3) is 22.3 Å². The Hall–Kier alpha value is -5.36. The summed E-state index contributed by atoms with van der Waals surface area (Å²) < 4.78 is 52.6. The number of nitrogens with zero attached hydrogens (tertiary/aromatic N) is 4. The van der Waals surface area contributed by atoms with E-state index in [0.717, 1.165) is 12.8 Å². The molecule has 6 N–H and O–H groups in total. The van der Waals surface area contributed by atoms with Gasteiger partial charge in [-0.15, -0.1) is 0 Å². The molecule has 4 aromatic carbocycles. The van der Waals surface area contributed by atoms with Crippen LogP contribution in [0.2, 0.25) is 10.0 Å². The number of carbonyl (C=O) groups excluding carboxylic acids is 2. The van der Waals surface area contributed by atoms with Crippen molar-refractivity contribution < 1.29 is 26.4 Å². The third kappa shape index (κ3) is 12.1. The van der Waals surface area contributed by atoms with Crippen LogP contribution in [0.1, 0.15) is 56.7 Å². The van der Waals surface area contributed by atoms with E-state index in [4.69, 9.17) is 33.5 Å². The average Bonchev–Trinajstić information content (AvgIpc) is 4.00. The molecule has 0 unspecified atom stereocenters. The number of primary sulfonamides is 2. The molecule has 320 valence electrons. The Morgan fingerprint density at radius 2 is 1.16 bits per heavy atom. The molecular formula is C43H46Cl2N8O6S2. The maximum absolute atomic E-state index is 12.4. The minimum atomic E-state index is -4.03. The van der Waals surface area contributed by atoms with E-state index < -0.39 is 20.0 Å². The Morgan fingerprint density at radius 3 is 1.62 bits per heavy atom. The lowest BCUT2D eigenvalue weighted by Gasteiger charge is -2.11. The van der Waals surface area contributed by atoms with Crippen molar-refractivity contribution >= 4 is 66.4 Å². The van der Waals surface area contributed by atoms with Gasteiger partial charge in [0.25, 0.3) is 0 Å². The molecule has 61 heavy (non-hydrogen) atoms. The number of nitrogens with one attached hydrogen (secondary N) is 2. The molecule has 14 nitrogen and oxygen atoms in total. The number of amides is 2. The molecule has 0 spiro atoms. The van der Waals surface area contributed by atoms with Crippen LogP contribution in [0, 0.1) is 5.92 Å². The third-order valence-electron chi connectivity index (χ3n) is 9.87. The molecule has 0 aliphatic heterocycles. The Bertz CT molecular complexity index is 2770. The molecule has 1 fully saturated rings. The summed E-state index contributed by atoms with van der Waals surface area (Å²) in [7, 11) is -8.05. The van der Waals surface area contributed by atoms with Gasteiger partial charge < -0.3 is 10.6 Å². The van der Waals surface area contributed by atoms with Crippen molar-refractivity contribution in [2.24, 2.45) is 16.2 Å². The van der Waals surface area contributed by atoms with Crippen molar-refractivity contribution in [3.63, 3.8) is 0 Å². The average molecular weight is 906 g/mol. The molecule has 0 bridgehead atoms. The van der Waals surface area contributed by atoms with E-state index in [-0.39, 0.29) is 34.4 Å². The fourth-order valence-corrected chi connectivity index (χ4v) is 8.98. The first-order chi connectivity index (χ1) is 28.9. The van der Waals surface area contributed by atoms with Gasteiger partial charge in [-0.3, -0.25) is 19.0 Å². The monoisotopic (exact) mass is 904 g/mol. The van der Waals surface area contributed by atoms with Crippen LogP contribution in [0.5, 0.6) is 0 Å². The predicted octanol–water partition coefficient (Wildman–Crippen LogP) is 7.84.